The number of amides is 1. The minimum absolute atomic E-state index is 0.00880. The number of carbonyl (C=O) groups excluding carboxylic acids is 1. The van der Waals surface area contributed by atoms with E-state index < -0.39 is 5.91 Å². The van der Waals surface area contributed by atoms with Crippen molar-refractivity contribution < 1.29 is 4.79 Å². The lowest BCUT2D eigenvalue weighted by Gasteiger charge is -2.14. The van der Waals surface area contributed by atoms with Gasteiger partial charge in [0.25, 0.3) is 5.91 Å². The van der Waals surface area contributed by atoms with E-state index in [0.29, 0.717) is 23.5 Å². The van der Waals surface area contributed by atoms with Gasteiger partial charge in [-0.3, -0.25) is 9.78 Å². The Labute approximate surface area is 95.2 Å². The SMILES string of the molecule is Cc1cc(NCC(C)N)c(C(N)=O)c(C)n1. The van der Waals surface area contributed by atoms with Crippen LogP contribution in [0.15, 0.2) is 6.07 Å². The molecule has 0 aliphatic heterocycles. The molecule has 0 spiro atoms. The number of aryl methyl sites for hydroxylation is 2. The Bertz CT molecular complexity index is 401. The predicted octanol–water partition coefficient (Wildman–Crippen LogP) is 0.556. The first-order valence-electron chi connectivity index (χ1n) is 5.19. The molecule has 0 bridgehead atoms. The number of nitrogens with one attached hydrogen (secondary N) is 1. The lowest BCUT2D eigenvalue weighted by molar-refractivity contribution is 0.1000. The van der Waals surface area contributed by atoms with Crippen LogP contribution in [0.5, 0.6) is 0 Å². The molecule has 1 unspecified atom stereocenters. The molecule has 1 aromatic heterocycles. The summed E-state index contributed by atoms with van der Waals surface area (Å²) in [6, 6.07) is 1.81. The van der Waals surface area contributed by atoms with Crippen molar-refractivity contribution in [3.63, 3.8) is 0 Å². The molecule has 0 saturated heterocycles. The van der Waals surface area contributed by atoms with E-state index in [9.17, 15) is 4.79 Å². The molecule has 0 fully saturated rings. The summed E-state index contributed by atoms with van der Waals surface area (Å²) in [7, 11) is 0. The molecule has 1 amide bonds. The van der Waals surface area contributed by atoms with Gasteiger partial charge in [0.15, 0.2) is 0 Å². The highest BCUT2D eigenvalue weighted by atomic mass is 16.1. The third-order valence-corrected chi connectivity index (χ3v) is 2.19. The molecule has 0 aliphatic rings. The first kappa shape index (κ1) is 12.4. The van der Waals surface area contributed by atoms with E-state index in [2.05, 4.69) is 10.3 Å². The lowest BCUT2D eigenvalue weighted by atomic mass is 10.1. The van der Waals surface area contributed by atoms with E-state index in [1.807, 2.05) is 13.8 Å². The van der Waals surface area contributed by atoms with Gasteiger partial charge in [0.05, 0.1) is 16.9 Å². The monoisotopic (exact) mass is 222 g/mol. The third-order valence-electron chi connectivity index (χ3n) is 2.19. The number of carbonyl (C=O) groups is 1. The van der Waals surface area contributed by atoms with E-state index in [1.54, 1.807) is 13.0 Å². The number of hydrogen-bond acceptors (Lipinski definition) is 4. The predicted molar refractivity (Wildman–Crippen MR) is 64.4 cm³/mol. The second kappa shape index (κ2) is 4.94. The van der Waals surface area contributed by atoms with Crippen molar-refractivity contribution in [2.24, 2.45) is 11.5 Å². The minimum Gasteiger partial charge on any atom is -0.383 e. The van der Waals surface area contributed by atoms with E-state index >= 15 is 0 Å². The second-order valence-electron chi connectivity index (χ2n) is 3.99. The number of nitrogens with zero attached hydrogens (tertiary/aromatic N) is 1. The van der Waals surface area contributed by atoms with Crippen molar-refractivity contribution in [1.29, 1.82) is 0 Å². The molecule has 0 aliphatic carbocycles. The van der Waals surface area contributed by atoms with Crippen LogP contribution in [0.2, 0.25) is 0 Å². The quantitative estimate of drug-likeness (QED) is 0.693. The smallest absolute Gasteiger partial charge is 0.252 e. The molecule has 16 heavy (non-hydrogen) atoms. The molecule has 0 radical (unpaired) electrons. The number of rotatable bonds is 4. The first-order chi connectivity index (χ1) is 7.41. The fraction of sp³-hybridized carbons (Fsp3) is 0.455. The van der Waals surface area contributed by atoms with Gasteiger partial charge >= 0.3 is 0 Å². The van der Waals surface area contributed by atoms with Crippen LogP contribution in [0.1, 0.15) is 28.7 Å². The topological polar surface area (TPSA) is 94.0 Å². The summed E-state index contributed by atoms with van der Waals surface area (Å²) in [6.45, 7) is 6.11. The molecule has 1 heterocycles. The summed E-state index contributed by atoms with van der Waals surface area (Å²) < 4.78 is 0. The van der Waals surface area contributed by atoms with Crippen molar-refractivity contribution in [1.82, 2.24) is 4.98 Å². The van der Waals surface area contributed by atoms with E-state index in [1.165, 1.54) is 0 Å². The lowest BCUT2D eigenvalue weighted by Crippen LogP contribution is -2.27. The maximum absolute atomic E-state index is 11.3. The number of nitrogens with two attached hydrogens (primary N) is 2. The van der Waals surface area contributed by atoms with Crippen LogP contribution in [-0.2, 0) is 0 Å². The summed E-state index contributed by atoms with van der Waals surface area (Å²) in [4.78, 5) is 15.5. The van der Waals surface area contributed by atoms with E-state index in [0.717, 1.165) is 5.69 Å². The molecule has 0 aromatic carbocycles. The molecular weight excluding hydrogens is 204 g/mol. The molecule has 1 aromatic rings. The van der Waals surface area contributed by atoms with Crippen LogP contribution in [0, 0.1) is 13.8 Å². The fourth-order valence-corrected chi connectivity index (χ4v) is 1.55. The molecular formula is C11H18N4O. The van der Waals surface area contributed by atoms with Gasteiger partial charge in [-0.2, -0.15) is 0 Å². The van der Waals surface area contributed by atoms with Crippen LogP contribution >= 0.6 is 0 Å². The van der Waals surface area contributed by atoms with Gasteiger partial charge in [0, 0.05) is 18.3 Å². The number of anilines is 1. The summed E-state index contributed by atoms with van der Waals surface area (Å²) in [5.74, 6) is -0.475. The summed E-state index contributed by atoms with van der Waals surface area (Å²) in [5, 5.41) is 3.11. The number of primary amides is 1. The molecule has 1 atom stereocenters. The van der Waals surface area contributed by atoms with Crippen molar-refractivity contribution >= 4 is 11.6 Å². The van der Waals surface area contributed by atoms with Crippen LogP contribution in [0.25, 0.3) is 0 Å². The van der Waals surface area contributed by atoms with Gasteiger partial charge in [-0.05, 0) is 26.8 Å². The first-order valence-corrected chi connectivity index (χ1v) is 5.19. The minimum atomic E-state index is -0.475. The average molecular weight is 222 g/mol. The van der Waals surface area contributed by atoms with Crippen molar-refractivity contribution in [2.75, 3.05) is 11.9 Å². The Morgan fingerprint density at radius 1 is 1.56 bits per heavy atom. The van der Waals surface area contributed by atoms with Crippen LogP contribution < -0.4 is 16.8 Å². The zero-order valence-electron chi connectivity index (χ0n) is 9.87. The number of hydrogen-bond donors (Lipinski definition) is 3. The standard InChI is InChI=1S/C11H18N4O/c1-6(12)5-14-9-4-7(2)15-8(3)10(9)11(13)16/h4,6H,5,12H2,1-3H3,(H2,13,16)(H,14,15). The zero-order chi connectivity index (χ0) is 12.3. The maximum atomic E-state index is 11.3. The fourth-order valence-electron chi connectivity index (χ4n) is 1.55. The Morgan fingerprint density at radius 3 is 2.69 bits per heavy atom. The van der Waals surface area contributed by atoms with Gasteiger partial charge in [-0.25, -0.2) is 0 Å². The number of pyridine rings is 1. The highest BCUT2D eigenvalue weighted by molar-refractivity contribution is 5.99. The largest absolute Gasteiger partial charge is 0.383 e. The van der Waals surface area contributed by atoms with Gasteiger partial charge in [0.1, 0.15) is 0 Å². The Hall–Kier alpha value is -1.62. The normalized spacial score (nSPS) is 12.2. The highest BCUT2D eigenvalue weighted by Crippen LogP contribution is 2.18. The average Bonchev–Trinajstić information content (AvgIpc) is 2.12. The van der Waals surface area contributed by atoms with Gasteiger partial charge in [0.2, 0.25) is 0 Å². The van der Waals surface area contributed by atoms with Crippen LogP contribution in [-0.4, -0.2) is 23.5 Å². The van der Waals surface area contributed by atoms with Crippen LogP contribution in [0.3, 0.4) is 0 Å². The van der Waals surface area contributed by atoms with Crippen molar-refractivity contribution in [2.45, 2.75) is 26.8 Å². The van der Waals surface area contributed by atoms with E-state index in [-0.39, 0.29) is 6.04 Å². The van der Waals surface area contributed by atoms with Crippen LogP contribution in [0.4, 0.5) is 5.69 Å². The third kappa shape index (κ3) is 2.93. The number of aromatic nitrogens is 1. The molecule has 0 saturated carbocycles. The molecule has 5 N–H and O–H groups in total. The van der Waals surface area contributed by atoms with Crippen molar-refractivity contribution in [3.8, 4) is 0 Å². The van der Waals surface area contributed by atoms with Gasteiger partial charge in [-0.15, -0.1) is 0 Å². The summed E-state index contributed by atoms with van der Waals surface area (Å²) >= 11 is 0. The summed E-state index contributed by atoms with van der Waals surface area (Å²) in [5.41, 5.74) is 13.6. The molecule has 1 rings (SSSR count). The Kier molecular flexibility index (Phi) is 3.84. The molecule has 5 nitrogen and oxygen atoms in total. The van der Waals surface area contributed by atoms with E-state index in [4.69, 9.17) is 11.5 Å². The van der Waals surface area contributed by atoms with Crippen molar-refractivity contribution in [3.05, 3.63) is 23.0 Å². The Balaban J connectivity index is 3.09. The van der Waals surface area contributed by atoms with Gasteiger partial charge < -0.3 is 16.8 Å². The maximum Gasteiger partial charge on any atom is 0.252 e. The van der Waals surface area contributed by atoms with Gasteiger partial charge in [-0.1, -0.05) is 0 Å². The highest BCUT2D eigenvalue weighted by Gasteiger charge is 2.13. The summed E-state index contributed by atoms with van der Waals surface area (Å²) in [6.07, 6.45) is 0. The second-order valence-corrected chi connectivity index (χ2v) is 3.99. The molecule has 88 valence electrons. The Morgan fingerprint density at radius 2 is 2.19 bits per heavy atom. The molecule has 5 heteroatoms. The zero-order valence-corrected chi connectivity index (χ0v) is 9.87.